The fourth-order valence-electron chi connectivity index (χ4n) is 3.36. The molecule has 1 aliphatic heterocycles. The molecule has 1 heterocycles. The van der Waals surface area contributed by atoms with Crippen molar-refractivity contribution < 1.29 is 9.31 Å². The lowest BCUT2D eigenvalue weighted by molar-refractivity contribution is 0.00578. The van der Waals surface area contributed by atoms with Crippen molar-refractivity contribution in [3.8, 4) is 0 Å². The Labute approximate surface area is 141 Å². The number of benzene rings is 1. The maximum Gasteiger partial charge on any atom is 0.494 e. The molecule has 0 amide bonds. The first-order valence-corrected chi connectivity index (χ1v) is 9.01. The molecule has 0 atom stereocenters. The van der Waals surface area contributed by atoms with E-state index in [1.54, 1.807) is 0 Å². The van der Waals surface area contributed by atoms with E-state index in [0.717, 1.165) is 11.4 Å². The van der Waals surface area contributed by atoms with Crippen molar-refractivity contribution in [3.63, 3.8) is 0 Å². The Bertz CT molecular complexity index is 555. The lowest BCUT2D eigenvalue weighted by Gasteiger charge is -2.32. The Morgan fingerprint density at radius 2 is 1.65 bits per heavy atom. The zero-order chi connectivity index (χ0) is 16.5. The monoisotopic (exact) mass is 312 g/mol. The SMILES string of the molecule is CC1(C)OB(c2cccc(/C=C/C3CCCCC3)c2)OC1(C)C. The molecule has 0 aromatic heterocycles. The van der Waals surface area contributed by atoms with Crippen LogP contribution >= 0.6 is 0 Å². The maximum atomic E-state index is 6.15. The Morgan fingerprint density at radius 3 is 2.30 bits per heavy atom. The summed E-state index contributed by atoms with van der Waals surface area (Å²) >= 11 is 0. The minimum atomic E-state index is -0.286. The van der Waals surface area contributed by atoms with E-state index in [0.29, 0.717) is 0 Å². The smallest absolute Gasteiger partial charge is 0.399 e. The third kappa shape index (κ3) is 3.72. The van der Waals surface area contributed by atoms with Crippen LogP contribution in [0.5, 0.6) is 0 Å². The summed E-state index contributed by atoms with van der Waals surface area (Å²) in [4.78, 5) is 0. The van der Waals surface area contributed by atoms with Gasteiger partial charge in [-0.25, -0.2) is 0 Å². The topological polar surface area (TPSA) is 18.5 Å². The van der Waals surface area contributed by atoms with Crippen LogP contribution in [-0.2, 0) is 9.31 Å². The highest BCUT2D eigenvalue weighted by Gasteiger charge is 2.51. The average molecular weight is 312 g/mol. The van der Waals surface area contributed by atoms with Gasteiger partial charge < -0.3 is 9.31 Å². The first kappa shape index (κ1) is 16.8. The standard InChI is InChI=1S/C20H29BO2/c1-19(2)20(3,4)23-21(22-19)18-12-8-11-17(15-18)14-13-16-9-6-5-7-10-16/h8,11-16H,5-7,9-10H2,1-4H3/b14-13+. The van der Waals surface area contributed by atoms with Crippen LogP contribution in [0.25, 0.3) is 6.08 Å². The molecule has 2 aliphatic rings. The molecule has 3 rings (SSSR count). The normalized spacial score (nSPS) is 24.4. The van der Waals surface area contributed by atoms with Gasteiger partial charge in [0, 0.05) is 0 Å². The van der Waals surface area contributed by atoms with Crippen LogP contribution in [0.2, 0.25) is 0 Å². The van der Waals surface area contributed by atoms with E-state index in [1.165, 1.54) is 37.7 Å². The Kier molecular flexibility index (Phi) is 4.71. The van der Waals surface area contributed by atoms with E-state index < -0.39 is 0 Å². The van der Waals surface area contributed by atoms with E-state index in [-0.39, 0.29) is 18.3 Å². The first-order chi connectivity index (χ1) is 10.9. The fourth-order valence-corrected chi connectivity index (χ4v) is 3.36. The highest BCUT2D eigenvalue weighted by molar-refractivity contribution is 6.62. The zero-order valence-corrected chi connectivity index (χ0v) is 15.0. The Morgan fingerprint density at radius 1 is 1.00 bits per heavy atom. The van der Waals surface area contributed by atoms with Gasteiger partial charge in [0.05, 0.1) is 11.2 Å². The van der Waals surface area contributed by atoms with E-state index in [9.17, 15) is 0 Å². The van der Waals surface area contributed by atoms with Crippen molar-refractivity contribution in [3.05, 3.63) is 35.9 Å². The molecular formula is C20H29BO2. The molecule has 0 radical (unpaired) electrons. The first-order valence-electron chi connectivity index (χ1n) is 9.01. The summed E-state index contributed by atoms with van der Waals surface area (Å²) in [6.07, 6.45) is 11.5. The van der Waals surface area contributed by atoms with Gasteiger partial charge in [-0.15, -0.1) is 0 Å². The van der Waals surface area contributed by atoms with Gasteiger partial charge in [-0.3, -0.25) is 0 Å². The minimum Gasteiger partial charge on any atom is -0.399 e. The minimum absolute atomic E-state index is 0.275. The largest absolute Gasteiger partial charge is 0.494 e. The van der Waals surface area contributed by atoms with E-state index in [4.69, 9.17) is 9.31 Å². The van der Waals surface area contributed by atoms with Gasteiger partial charge in [-0.2, -0.15) is 0 Å². The highest BCUT2D eigenvalue weighted by atomic mass is 16.7. The zero-order valence-electron chi connectivity index (χ0n) is 15.0. The molecule has 0 spiro atoms. The van der Waals surface area contributed by atoms with E-state index in [1.807, 2.05) is 0 Å². The Balaban J connectivity index is 1.72. The number of rotatable bonds is 3. The van der Waals surface area contributed by atoms with Crippen molar-refractivity contribution in [2.24, 2.45) is 5.92 Å². The summed E-state index contributed by atoms with van der Waals surface area (Å²) in [6.45, 7) is 8.39. The lowest BCUT2D eigenvalue weighted by Crippen LogP contribution is -2.41. The maximum absolute atomic E-state index is 6.15. The predicted molar refractivity (Wildman–Crippen MR) is 97.8 cm³/mol. The van der Waals surface area contributed by atoms with Crippen molar-refractivity contribution >= 4 is 18.7 Å². The molecule has 124 valence electrons. The summed E-state index contributed by atoms with van der Waals surface area (Å²) in [6, 6.07) is 8.55. The van der Waals surface area contributed by atoms with Crippen LogP contribution < -0.4 is 5.46 Å². The van der Waals surface area contributed by atoms with Crippen LogP contribution in [-0.4, -0.2) is 18.3 Å². The van der Waals surface area contributed by atoms with Gasteiger partial charge in [0.15, 0.2) is 0 Å². The summed E-state index contributed by atoms with van der Waals surface area (Å²) in [7, 11) is -0.275. The molecule has 1 aliphatic carbocycles. The Hall–Kier alpha value is -1.06. The van der Waals surface area contributed by atoms with Gasteiger partial charge >= 0.3 is 7.12 Å². The van der Waals surface area contributed by atoms with Crippen LogP contribution in [0.1, 0.15) is 65.4 Å². The van der Waals surface area contributed by atoms with E-state index >= 15 is 0 Å². The van der Waals surface area contributed by atoms with Gasteiger partial charge in [-0.05, 0) is 57.5 Å². The summed E-state index contributed by atoms with van der Waals surface area (Å²) in [5.41, 5.74) is 1.77. The highest BCUT2D eigenvalue weighted by Crippen LogP contribution is 2.36. The van der Waals surface area contributed by atoms with Crippen LogP contribution in [0.4, 0.5) is 0 Å². The third-order valence-electron chi connectivity index (χ3n) is 5.65. The van der Waals surface area contributed by atoms with Crippen molar-refractivity contribution in [1.29, 1.82) is 0 Å². The fraction of sp³-hybridized carbons (Fsp3) is 0.600. The molecule has 2 fully saturated rings. The van der Waals surface area contributed by atoms with Gasteiger partial charge in [0.1, 0.15) is 0 Å². The second kappa shape index (κ2) is 6.45. The average Bonchev–Trinajstić information content (AvgIpc) is 2.75. The number of hydrogen-bond donors (Lipinski definition) is 0. The van der Waals surface area contributed by atoms with Crippen molar-refractivity contribution in [2.45, 2.75) is 71.0 Å². The molecular weight excluding hydrogens is 283 g/mol. The summed E-state index contributed by atoms with van der Waals surface area (Å²) in [5, 5.41) is 0. The van der Waals surface area contributed by atoms with Crippen LogP contribution in [0, 0.1) is 5.92 Å². The predicted octanol–water partition coefficient (Wildman–Crippen LogP) is 4.58. The van der Waals surface area contributed by atoms with Crippen LogP contribution in [0.3, 0.4) is 0 Å². The van der Waals surface area contributed by atoms with Crippen molar-refractivity contribution in [1.82, 2.24) is 0 Å². The quantitative estimate of drug-likeness (QED) is 0.761. The molecule has 0 N–H and O–H groups in total. The third-order valence-corrected chi connectivity index (χ3v) is 5.65. The molecule has 0 bridgehead atoms. The molecule has 1 aromatic rings. The number of allylic oxidation sites excluding steroid dienone is 1. The van der Waals surface area contributed by atoms with Gasteiger partial charge in [-0.1, -0.05) is 55.7 Å². The summed E-state index contributed by atoms with van der Waals surface area (Å²) < 4.78 is 12.3. The lowest BCUT2D eigenvalue weighted by atomic mass is 9.78. The van der Waals surface area contributed by atoms with Gasteiger partial charge in [0.2, 0.25) is 0 Å². The van der Waals surface area contributed by atoms with Crippen LogP contribution in [0.15, 0.2) is 30.3 Å². The van der Waals surface area contributed by atoms with Crippen molar-refractivity contribution in [2.75, 3.05) is 0 Å². The molecule has 23 heavy (non-hydrogen) atoms. The molecule has 3 heteroatoms. The van der Waals surface area contributed by atoms with Gasteiger partial charge in [0.25, 0.3) is 0 Å². The second-order valence-corrected chi connectivity index (χ2v) is 8.02. The second-order valence-electron chi connectivity index (χ2n) is 8.02. The molecule has 1 saturated carbocycles. The molecule has 2 nitrogen and oxygen atoms in total. The number of hydrogen-bond acceptors (Lipinski definition) is 2. The molecule has 1 saturated heterocycles. The van der Waals surface area contributed by atoms with E-state index in [2.05, 4.69) is 64.1 Å². The molecule has 0 unspecified atom stereocenters. The molecule has 1 aromatic carbocycles. The summed E-state index contributed by atoms with van der Waals surface area (Å²) in [5.74, 6) is 0.754.